The van der Waals surface area contributed by atoms with Crippen molar-refractivity contribution in [2.45, 2.75) is 0 Å². The Labute approximate surface area is 127 Å². The summed E-state index contributed by atoms with van der Waals surface area (Å²) < 4.78 is 0. The molecule has 0 saturated carbocycles. The summed E-state index contributed by atoms with van der Waals surface area (Å²) in [4.78, 5) is 24.2. The topological polar surface area (TPSA) is 58.2 Å². The molecule has 108 valence electrons. The van der Waals surface area contributed by atoms with Gasteiger partial charge in [0.05, 0.1) is 0 Å². The summed E-state index contributed by atoms with van der Waals surface area (Å²) in [6.45, 7) is 0. The number of nitrogens with one attached hydrogen (secondary N) is 2. The molecule has 0 aliphatic rings. The maximum Gasteiger partial charge on any atom is 0.270 e. The van der Waals surface area contributed by atoms with E-state index >= 15 is 0 Å². The lowest BCUT2D eigenvalue weighted by Gasteiger charge is -2.09. The minimum Gasteiger partial charge on any atom is -0.267 e. The largest absolute Gasteiger partial charge is 0.270 e. The van der Waals surface area contributed by atoms with Crippen LogP contribution >= 0.6 is 0 Å². The molecule has 0 aromatic heterocycles. The van der Waals surface area contributed by atoms with E-state index in [-0.39, 0.29) is 11.8 Å². The average molecular weight is 290 g/mol. The SMILES string of the molecule is O=C(NNC(=O)c1cccc2ccccc12)c1ccccc1. The number of hydrazine groups is 1. The third-order valence-electron chi connectivity index (χ3n) is 3.36. The van der Waals surface area contributed by atoms with E-state index in [1.165, 1.54) is 0 Å². The van der Waals surface area contributed by atoms with Crippen molar-refractivity contribution in [2.75, 3.05) is 0 Å². The van der Waals surface area contributed by atoms with Gasteiger partial charge in [0.2, 0.25) is 0 Å². The van der Waals surface area contributed by atoms with Gasteiger partial charge in [-0.25, -0.2) is 0 Å². The molecule has 2 N–H and O–H groups in total. The minimum absolute atomic E-state index is 0.346. The van der Waals surface area contributed by atoms with E-state index in [1.807, 2.05) is 42.5 Å². The Kier molecular flexibility index (Phi) is 3.83. The molecule has 3 aromatic carbocycles. The van der Waals surface area contributed by atoms with Crippen LogP contribution < -0.4 is 10.9 Å². The van der Waals surface area contributed by atoms with Crippen LogP contribution in [0, 0.1) is 0 Å². The van der Waals surface area contributed by atoms with Crippen molar-refractivity contribution in [3.8, 4) is 0 Å². The maximum absolute atomic E-state index is 12.3. The molecule has 0 heterocycles. The predicted octanol–water partition coefficient (Wildman–Crippen LogP) is 2.91. The van der Waals surface area contributed by atoms with Crippen molar-refractivity contribution in [1.29, 1.82) is 0 Å². The van der Waals surface area contributed by atoms with Crippen LogP contribution in [-0.2, 0) is 0 Å². The second-order valence-corrected chi connectivity index (χ2v) is 4.80. The van der Waals surface area contributed by atoms with E-state index in [4.69, 9.17) is 0 Å². The molecule has 2 amide bonds. The molecule has 0 atom stereocenters. The highest BCUT2D eigenvalue weighted by Gasteiger charge is 2.11. The van der Waals surface area contributed by atoms with Crippen LogP contribution in [0.1, 0.15) is 20.7 Å². The highest BCUT2D eigenvalue weighted by molar-refractivity contribution is 6.07. The number of rotatable bonds is 2. The van der Waals surface area contributed by atoms with E-state index in [0.717, 1.165) is 10.8 Å². The van der Waals surface area contributed by atoms with E-state index < -0.39 is 0 Å². The molecule has 0 bridgehead atoms. The smallest absolute Gasteiger partial charge is 0.267 e. The lowest BCUT2D eigenvalue weighted by Crippen LogP contribution is -2.41. The first-order valence-electron chi connectivity index (χ1n) is 6.89. The number of carbonyl (C=O) groups is 2. The van der Waals surface area contributed by atoms with E-state index in [1.54, 1.807) is 30.3 Å². The van der Waals surface area contributed by atoms with Gasteiger partial charge in [-0.3, -0.25) is 20.4 Å². The Morgan fingerprint density at radius 3 is 2.09 bits per heavy atom. The number of amides is 2. The first-order valence-corrected chi connectivity index (χ1v) is 6.89. The van der Waals surface area contributed by atoms with Crippen LogP contribution in [0.4, 0.5) is 0 Å². The van der Waals surface area contributed by atoms with Crippen LogP contribution in [0.3, 0.4) is 0 Å². The first kappa shape index (κ1) is 13.8. The zero-order chi connectivity index (χ0) is 15.4. The fraction of sp³-hybridized carbons (Fsp3) is 0. The van der Waals surface area contributed by atoms with Crippen LogP contribution in [0.5, 0.6) is 0 Å². The van der Waals surface area contributed by atoms with Crippen molar-refractivity contribution < 1.29 is 9.59 Å². The quantitative estimate of drug-likeness (QED) is 0.713. The number of hydrogen-bond donors (Lipinski definition) is 2. The molecule has 4 heteroatoms. The Hall–Kier alpha value is -3.14. The van der Waals surface area contributed by atoms with Crippen LogP contribution in [0.25, 0.3) is 10.8 Å². The van der Waals surface area contributed by atoms with Crippen LogP contribution in [0.2, 0.25) is 0 Å². The van der Waals surface area contributed by atoms with E-state index in [9.17, 15) is 9.59 Å². The summed E-state index contributed by atoms with van der Waals surface area (Å²) >= 11 is 0. The van der Waals surface area contributed by atoms with E-state index in [0.29, 0.717) is 11.1 Å². The summed E-state index contributed by atoms with van der Waals surface area (Å²) in [7, 11) is 0. The third-order valence-corrected chi connectivity index (χ3v) is 3.36. The molecule has 0 radical (unpaired) electrons. The predicted molar refractivity (Wildman–Crippen MR) is 85.3 cm³/mol. The molecule has 4 nitrogen and oxygen atoms in total. The number of benzene rings is 3. The Balaban J connectivity index is 1.76. The van der Waals surface area contributed by atoms with Crippen molar-refractivity contribution in [1.82, 2.24) is 10.9 Å². The summed E-state index contributed by atoms with van der Waals surface area (Å²) in [5.41, 5.74) is 5.88. The molecule has 0 spiro atoms. The molecule has 0 aliphatic carbocycles. The molecule has 0 saturated heterocycles. The standard InChI is InChI=1S/C18H14N2O2/c21-17(14-8-2-1-3-9-14)19-20-18(22)16-12-6-10-13-7-4-5-11-15(13)16/h1-12H,(H,19,21)(H,20,22). The molecule has 0 fully saturated rings. The minimum atomic E-state index is -0.353. The van der Waals surface area contributed by atoms with E-state index in [2.05, 4.69) is 10.9 Å². The summed E-state index contributed by atoms with van der Waals surface area (Å²) in [5, 5.41) is 1.82. The number of fused-ring (bicyclic) bond motifs is 1. The van der Waals surface area contributed by atoms with Gasteiger partial charge in [-0.15, -0.1) is 0 Å². The third kappa shape index (κ3) is 2.81. The maximum atomic E-state index is 12.3. The molecule has 3 aromatic rings. The normalized spacial score (nSPS) is 10.2. The van der Waals surface area contributed by atoms with Crippen LogP contribution in [-0.4, -0.2) is 11.8 Å². The average Bonchev–Trinajstić information content (AvgIpc) is 2.59. The molecular formula is C18H14N2O2. The molecule has 0 aliphatic heterocycles. The van der Waals surface area contributed by atoms with Crippen molar-refractivity contribution in [3.63, 3.8) is 0 Å². The monoisotopic (exact) mass is 290 g/mol. The van der Waals surface area contributed by atoms with Gasteiger partial charge in [-0.05, 0) is 29.0 Å². The summed E-state index contributed by atoms with van der Waals surface area (Å²) in [5.74, 6) is -0.699. The molecule has 3 rings (SSSR count). The van der Waals surface area contributed by atoms with Crippen LogP contribution in [0.15, 0.2) is 72.8 Å². The Morgan fingerprint density at radius 2 is 1.27 bits per heavy atom. The van der Waals surface area contributed by atoms with Crippen molar-refractivity contribution in [3.05, 3.63) is 83.9 Å². The van der Waals surface area contributed by atoms with Gasteiger partial charge in [0.1, 0.15) is 0 Å². The van der Waals surface area contributed by atoms with Gasteiger partial charge < -0.3 is 0 Å². The second kappa shape index (κ2) is 6.10. The lowest BCUT2D eigenvalue weighted by molar-refractivity contribution is 0.0847. The Bertz CT molecular complexity index is 823. The van der Waals surface area contributed by atoms with Gasteiger partial charge in [-0.1, -0.05) is 54.6 Å². The fourth-order valence-corrected chi connectivity index (χ4v) is 2.27. The van der Waals surface area contributed by atoms with Gasteiger partial charge in [0.15, 0.2) is 0 Å². The fourth-order valence-electron chi connectivity index (χ4n) is 2.27. The van der Waals surface area contributed by atoms with Crippen molar-refractivity contribution in [2.24, 2.45) is 0 Å². The number of hydrogen-bond acceptors (Lipinski definition) is 2. The van der Waals surface area contributed by atoms with Crippen molar-refractivity contribution >= 4 is 22.6 Å². The first-order chi connectivity index (χ1) is 10.8. The zero-order valence-electron chi connectivity index (χ0n) is 11.7. The highest BCUT2D eigenvalue weighted by Crippen LogP contribution is 2.18. The zero-order valence-corrected chi connectivity index (χ0v) is 11.7. The summed E-state index contributed by atoms with van der Waals surface area (Å²) in [6, 6.07) is 21.8. The van der Waals surface area contributed by atoms with Gasteiger partial charge in [0.25, 0.3) is 11.8 Å². The van der Waals surface area contributed by atoms with Gasteiger partial charge in [-0.2, -0.15) is 0 Å². The highest BCUT2D eigenvalue weighted by atomic mass is 16.2. The Morgan fingerprint density at radius 1 is 0.636 bits per heavy atom. The van der Waals surface area contributed by atoms with Gasteiger partial charge >= 0.3 is 0 Å². The molecule has 22 heavy (non-hydrogen) atoms. The summed E-state index contributed by atoms with van der Waals surface area (Å²) in [6.07, 6.45) is 0. The molecule has 0 unspecified atom stereocenters. The van der Waals surface area contributed by atoms with Gasteiger partial charge in [0, 0.05) is 11.1 Å². The lowest BCUT2D eigenvalue weighted by atomic mass is 10.0. The molecular weight excluding hydrogens is 276 g/mol. The number of carbonyl (C=O) groups excluding carboxylic acids is 2. The second-order valence-electron chi connectivity index (χ2n) is 4.80.